The van der Waals surface area contributed by atoms with Crippen LogP contribution in [-0.2, 0) is 11.3 Å². The summed E-state index contributed by atoms with van der Waals surface area (Å²) in [4.78, 5) is 30.5. The van der Waals surface area contributed by atoms with Crippen molar-refractivity contribution in [3.63, 3.8) is 0 Å². The van der Waals surface area contributed by atoms with Gasteiger partial charge in [-0.3, -0.25) is 24.6 Å². The lowest BCUT2D eigenvalue weighted by Gasteiger charge is -2.34. The van der Waals surface area contributed by atoms with Crippen LogP contribution in [0.4, 0.5) is 0 Å². The van der Waals surface area contributed by atoms with Crippen LogP contribution in [0.5, 0.6) is 0 Å². The largest absolute Gasteiger partial charge is 0.292 e. The molecule has 2 heterocycles. The van der Waals surface area contributed by atoms with Crippen LogP contribution in [0.25, 0.3) is 0 Å². The van der Waals surface area contributed by atoms with Crippen LogP contribution in [0.1, 0.15) is 33.3 Å². The van der Waals surface area contributed by atoms with Crippen LogP contribution in [0, 0.1) is 0 Å². The highest BCUT2D eigenvalue weighted by molar-refractivity contribution is 6.70. The first kappa shape index (κ1) is 17.3. The van der Waals surface area contributed by atoms with E-state index in [9.17, 15) is 4.79 Å². The average Bonchev–Trinajstić information content (AvgIpc) is 2.88. The van der Waals surface area contributed by atoms with Gasteiger partial charge in [-0.15, -0.1) is 0 Å². The van der Waals surface area contributed by atoms with Crippen LogP contribution >= 0.6 is 0 Å². The molecular formula is C19H25N5O. The Bertz CT molecular complexity index is 761. The number of amides is 1. The molecule has 0 spiro atoms. The number of fused-ring (bicyclic) bond motifs is 1. The molecular weight excluding hydrogens is 314 g/mol. The van der Waals surface area contributed by atoms with Crippen molar-refractivity contribution >= 4 is 23.4 Å². The van der Waals surface area contributed by atoms with Gasteiger partial charge in [0.05, 0.1) is 18.6 Å². The summed E-state index contributed by atoms with van der Waals surface area (Å²) in [6, 6.07) is 10.00. The normalized spacial score (nSPS) is 22.8. The Kier molecular flexibility index (Phi) is 4.45. The van der Waals surface area contributed by atoms with E-state index in [1.165, 1.54) is 0 Å². The topological polar surface area (TPSA) is 60.6 Å². The zero-order valence-electron chi connectivity index (χ0n) is 15.5. The number of carbonyl (C=O) groups excluding carboxylic acids is 1. The Balaban J connectivity index is 2.01. The van der Waals surface area contributed by atoms with Crippen LogP contribution in [0.3, 0.4) is 0 Å². The SMILES string of the molecule is CC(C)/N=C1\C(=N\Cc2ccccc2)C(=O)N(C)C2=NC(C)(C)CN21. The molecule has 0 atom stereocenters. The zero-order chi connectivity index (χ0) is 18.2. The van der Waals surface area contributed by atoms with Gasteiger partial charge in [0.15, 0.2) is 11.5 Å². The molecule has 6 heteroatoms. The maximum atomic E-state index is 12.9. The molecule has 132 valence electrons. The summed E-state index contributed by atoms with van der Waals surface area (Å²) < 4.78 is 0. The number of hydrogen-bond donors (Lipinski definition) is 0. The predicted molar refractivity (Wildman–Crippen MR) is 101 cm³/mol. The third kappa shape index (κ3) is 3.48. The highest BCUT2D eigenvalue weighted by Crippen LogP contribution is 2.26. The standard InChI is InChI=1S/C19H25N5O/c1-13(2)21-16-15(20-11-14-9-7-6-8-10-14)17(25)23(5)18-22-19(3,4)12-24(16)18/h6-10,13H,11-12H2,1-5H3/b20-15-,21-16+. The van der Waals surface area contributed by atoms with Crippen molar-refractivity contribution in [3.05, 3.63) is 35.9 Å². The highest BCUT2D eigenvalue weighted by atomic mass is 16.2. The maximum Gasteiger partial charge on any atom is 0.282 e. The molecule has 0 aromatic heterocycles. The molecule has 0 radical (unpaired) electrons. The van der Waals surface area contributed by atoms with Crippen LogP contribution in [0.15, 0.2) is 45.3 Å². The van der Waals surface area contributed by atoms with E-state index in [1.807, 2.05) is 49.1 Å². The third-order valence-corrected chi connectivity index (χ3v) is 4.11. The first-order chi connectivity index (χ1) is 11.8. The van der Waals surface area contributed by atoms with Crippen LogP contribution in [-0.4, -0.2) is 58.4 Å². The molecule has 1 aromatic rings. The van der Waals surface area contributed by atoms with Crippen molar-refractivity contribution < 1.29 is 4.79 Å². The summed E-state index contributed by atoms with van der Waals surface area (Å²) in [7, 11) is 1.75. The number of hydrogen-bond acceptors (Lipinski definition) is 4. The summed E-state index contributed by atoms with van der Waals surface area (Å²) in [5.41, 5.74) is 1.23. The van der Waals surface area contributed by atoms with E-state index in [-0.39, 0.29) is 17.5 Å². The fourth-order valence-electron chi connectivity index (χ4n) is 2.99. The van der Waals surface area contributed by atoms with E-state index in [4.69, 9.17) is 9.98 Å². The monoisotopic (exact) mass is 339 g/mol. The smallest absolute Gasteiger partial charge is 0.282 e. The second kappa shape index (κ2) is 6.43. The van der Waals surface area contributed by atoms with E-state index in [0.717, 1.165) is 5.56 Å². The minimum absolute atomic E-state index is 0.0677. The van der Waals surface area contributed by atoms with E-state index in [1.54, 1.807) is 11.9 Å². The van der Waals surface area contributed by atoms with Gasteiger partial charge in [0.1, 0.15) is 0 Å². The first-order valence-corrected chi connectivity index (χ1v) is 8.60. The van der Waals surface area contributed by atoms with E-state index >= 15 is 0 Å². The Hall–Kier alpha value is -2.50. The molecule has 2 aliphatic rings. The van der Waals surface area contributed by atoms with Crippen molar-refractivity contribution in [2.75, 3.05) is 13.6 Å². The Labute approximate surface area is 149 Å². The van der Waals surface area contributed by atoms with Gasteiger partial charge in [-0.05, 0) is 33.3 Å². The zero-order valence-corrected chi connectivity index (χ0v) is 15.5. The van der Waals surface area contributed by atoms with Crippen molar-refractivity contribution in [1.82, 2.24) is 9.80 Å². The number of carbonyl (C=O) groups is 1. The predicted octanol–water partition coefficient (Wildman–Crippen LogP) is 2.36. The van der Waals surface area contributed by atoms with Gasteiger partial charge >= 0.3 is 0 Å². The van der Waals surface area contributed by atoms with Crippen molar-refractivity contribution in [3.8, 4) is 0 Å². The summed E-state index contributed by atoms with van der Waals surface area (Å²) in [5, 5.41) is 0. The number of guanidine groups is 1. The lowest BCUT2D eigenvalue weighted by molar-refractivity contribution is -0.120. The van der Waals surface area contributed by atoms with Crippen molar-refractivity contribution in [2.45, 2.75) is 45.8 Å². The molecule has 1 aromatic carbocycles. The third-order valence-electron chi connectivity index (χ3n) is 4.11. The molecule has 2 aliphatic heterocycles. The van der Waals surface area contributed by atoms with E-state index in [2.05, 4.69) is 18.8 Å². The Morgan fingerprint density at radius 2 is 1.92 bits per heavy atom. The molecule has 25 heavy (non-hydrogen) atoms. The lowest BCUT2D eigenvalue weighted by Crippen LogP contribution is -2.58. The van der Waals surface area contributed by atoms with Gasteiger partial charge in [-0.1, -0.05) is 30.3 Å². The minimum Gasteiger partial charge on any atom is -0.292 e. The number of benzene rings is 1. The molecule has 0 N–H and O–H groups in total. The minimum atomic E-state index is -0.253. The second-order valence-corrected chi connectivity index (χ2v) is 7.37. The Morgan fingerprint density at radius 1 is 1.24 bits per heavy atom. The van der Waals surface area contributed by atoms with E-state index in [0.29, 0.717) is 30.6 Å². The molecule has 0 saturated carbocycles. The van der Waals surface area contributed by atoms with Gasteiger partial charge in [0.2, 0.25) is 5.96 Å². The van der Waals surface area contributed by atoms with Gasteiger partial charge < -0.3 is 0 Å². The molecule has 0 unspecified atom stereocenters. The van der Waals surface area contributed by atoms with Gasteiger partial charge in [0, 0.05) is 13.1 Å². The molecule has 6 nitrogen and oxygen atoms in total. The maximum absolute atomic E-state index is 12.9. The fourth-order valence-corrected chi connectivity index (χ4v) is 2.99. The number of amidine groups is 1. The number of rotatable bonds is 3. The molecule has 1 fully saturated rings. The molecule has 0 bridgehead atoms. The van der Waals surface area contributed by atoms with Crippen LogP contribution in [0.2, 0.25) is 0 Å². The number of aliphatic imine (C=N–C) groups is 3. The van der Waals surface area contributed by atoms with Crippen molar-refractivity contribution in [2.24, 2.45) is 15.0 Å². The van der Waals surface area contributed by atoms with Gasteiger partial charge in [-0.25, -0.2) is 4.99 Å². The van der Waals surface area contributed by atoms with Gasteiger partial charge in [-0.2, -0.15) is 0 Å². The number of nitrogens with zero attached hydrogens (tertiary/aromatic N) is 5. The highest BCUT2D eigenvalue weighted by Gasteiger charge is 2.45. The summed E-state index contributed by atoms with van der Waals surface area (Å²) in [6.45, 7) is 9.27. The Morgan fingerprint density at radius 3 is 2.56 bits per heavy atom. The second-order valence-electron chi connectivity index (χ2n) is 7.37. The first-order valence-electron chi connectivity index (χ1n) is 8.60. The lowest BCUT2D eigenvalue weighted by atomic mass is 10.1. The summed E-state index contributed by atoms with van der Waals surface area (Å²) in [6.07, 6.45) is 0. The molecule has 0 aliphatic carbocycles. The van der Waals surface area contributed by atoms with Gasteiger partial charge in [0.25, 0.3) is 5.91 Å². The fraction of sp³-hybridized carbons (Fsp3) is 0.474. The molecule has 1 amide bonds. The summed E-state index contributed by atoms with van der Waals surface area (Å²) in [5.74, 6) is 1.15. The summed E-state index contributed by atoms with van der Waals surface area (Å²) >= 11 is 0. The van der Waals surface area contributed by atoms with E-state index < -0.39 is 0 Å². The molecule has 1 saturated heterocycles. The molecule has 3 rings (SSSR count). The average molecular weight is 339 g/mol. The van der Waals surface area contributed by atoms with Crippen LogP contribution < -0.4 is 0 Å². The quantitative estimate of drug-likeness (QED) is 0.849. The van der Waals surface area contributed by atoms with Crippen molar-refractivity contribution in [1.29, 1.82) is 0 Å².